The van der Waals surface area contributed by atoms with E-state index in [-0.39, 0.29) is 5.54 Å². The molecule has 1 saturated heterocycles. The lowest BCUT2D eigenvalue weighted by Gasteiger charge is -2.42. The van der Waals surface area contributed by atoms with Crippen LogP contribution >= 0.6 is 0 Å². The summed E-state index contributed by atoms with van der Waals surface area (Å²) in [7, 11) is 1.66. The Morgan fingerprint density at radius 1 is 1.17 bits per heavy atom. The first kappa shape index (κ1) is 13.1. The molecular formula is C13H22N4O. The molecule has 5 heteroatoms. The molecule has 0 aliphatic carbocycles. The maximum absolute atomic E-state index is 5.31. The Morgan fingerprint density at radius 3 is 2.39 bits per heavy atom. The number of methoxy groups -OCH3 is 1. The Morgan fingerprint density at radius 2 is 1.83 bits per heavy atom. The summed E-state index contributed by atoms with van der Waals surface area (Å²) in [5, 5.41) is 0. The Labute approximate surface area is 109 Å². The highest BCUT2D eigenvalue weighted by molar-refractivity contribution is 5.51. The van der Waals surface area contributed by atoms with Gasteiger partial charge >= 0.3 is 0 Å². The molecule has 1 aromatic heterocycles. The number of nitrogens with zero attached hydrogens (tertiary/aromatic N) is 4. The van der Waals surface area contributed by atoms with Gasteiger partial charge in [-0.05, 0) is 20.8 Å². The van der Waals surface area contributed by atoms with Gasteiger partial charge in [-0.15, -0.1) is 0 Å². The van der Waals surface area contributed by atoms with Gasteiger partial charge in [0.15, 0.2) is 11.6 Å². The normalized spacial score (nSPS) is 17.9. The molecule has 2 heterocycles. The average molecular weight is 250 g/mol. The molecule has 5 nitrogen and oxygen atoms in total. The average Bonchev–Trinajstić information content (AvgIpc) is 2.38. The lowest BCUT2D eigenvalue weighted by molar-refractivity contribution is 0.128. The van der Waals surface area contributed by atoms with Crippen LogP contribution < -0.4 is 9.64 Å². The molecule has 1 aliphatic rings. The van der Waals surface area contributed by atoms with Crippen molar-refractivity contribution in [1.29, 1.82) is 0 Å². The molecule has 0 spiro atoms. The van der Waals surface area contributed by atoms with E-state index in [0.29, 0.717) is 0 Å². The van der Waals surface area contributed by atoms with Crippen LogP contribution in [0.3, 0.4) is 0 Å². The van der Waals surface area contributed by atoms with Gasteiger partial charge in [0.05, 0.1) is 13.3 Å². The molecule has 0 amide bonds. The summed E-state index contributed by atoms with van der Waals surface area (Å²) in [5.41, 5.74) is 0.238. The van der Waals surface area contributed by atoms with Gasteiger partial charge in [0.25, 0.3) is 0 Å². The van der Waals surface area contributed by atoms with Crippen LogP contribution in [0.2, 0.25) is 0 Å². The van der Waals surface area contributed by atoms with Gasteiger partial charge in [-0.3, -0.25) is 4.90 Å². The summed E-state index contributed by atoms with van der Waals surface area (Å²) in [6.45, 7) is 10.8. The second-order valence-corrected chi connectivity index (χ2v) is 5.56. The Kier molecular flexibility index (Phi) is 3.71. The molecular weight excluding hydrogens is 228 g/mol. The van der Waals surface area contributed by atoms with Crippen molar-refractivity contribution in [3.05, 3.63) is 12.5 Å². The molecule has 100 valence electrons. The van der Waals surface area contributed by atoms with Gasteiger partial charge in [-0.1, -0.05) is 0 Å². The molecule has 1 fully saturated rings. The van der Waals surface area contributed by atoms with Crippen LogP contribution in [0, 0.1) is 0 Å². The smallest absolute Gasteiger partial charge is 0.179 e. The van der Waals surface area contributed by atoms with Crippen molar-refractivity contribution in [2.75, 3.05) is 38.2 Å². The van der Waals surface area contributed by atoms with Crippen LogP contribution in [0.25, 0.3) is 0 Å². The fraction of sp³-hybridized carbons (Fsp3) is 0.692. The third-order valence-electron chi connectivity index (χ3n) is 3.41. The summed E-state index contributed by atoms with van der Waals surface area (Å²) in [5.74, 6) is 1.66. The van der Waals surface area contributed by atoms with Crippen molar-refractivity contribution in [3.8, 4) is 5.75 Å². The Hall–Kier alpha value is -1.36. The molecule has 18 heavy (non-hydrogen) atoms. The van der Waals surface area contributed by atoms with Crippen molar-refractivity contribution < 1.29 is 4.74 Å². The first-order chi connectivity index (χ1) is 8.52. The third kappa shape index (κ3) is 2.72. The standard InChI is InChI=1S/C13H22N4O/c1-13(2,3)17-7-5-16(6-8-17)12-11(18-4)9-14-10-15-12/h9-10H,5-8H2,1-4H3. The maximum atomic E-state index is 5.31. The number of rotatable bonds is 2. The number of ether oxygens (including phenoxy) is 1. The van der Waals surface area contributed by atoms with E-state index in [1.54, 1.807) is 19.6 Å². The number of piperazine rings is 1. The third-order valence-corrected chi connectivity index (χ3v) is 3.41. The zero-order valence-corrected chi connectivity index (χ0v) is 11.7. The van der Waals surface area contributed by atoms with E-state index in [2.05, 4.69) is 40.5 Å². The molecule has 0 saturated carbocycles. The summed E-state index contributed by atoms with van der Waals surface area (Å²) < 4.78 is 5.31. The lowest BCUT2D eigenvalue weighted by Crippen LogP contribution is -2.53. The molecule has 0 atom stereocenters. The zero-order valence-electron chi connectivity index (χ0n) is 11.7. The summed E-state index contributed by atoms with van der Waals surface area (Å²) in [6, 6.07) is 0. The van der Waals surface area contributed by atoms with Gasteiger partial charge in [0, 0.05) is 31.7 Å². The highest BCUT2D eigenvalue weighted by Gasteiger charge is 2.27. The summed E-state index contributed by atoms with van der Waals surface area (Å²) in [6.07, 6.45) is 3.30. The number of anilines is 1. The van der Waals surface area contributed by atoms with E-state index in [4.69, 9.17) is 4.74 Å². The van der Waals surface area contributed by atoms with Crippen molar-refractivity contribution in [2.45, 2.75) is 26.3 Å². The fourth-order valence-corrected chi connectivity index (χ4v) is 2.28. The van der Waals surface area contributed by atoms with Gasteiger partial charge in [0.1, 0.15) is 6.33 Å². The second-order valence-electron chi connectivity index (χ2n) is 5.56. The molecule has 0 N–H and O–H groups in total. The van der Waals surface area contributed by atoms with Crippen molar-refractivity contribution in [2.24, 2.45) is 0 Å². The monoisotopic (exact) mass is 250 g/mol. The minimum Gasteiger partial charge on any atom is -0.491 e. The minimum absolute atomic E-state index is 0.238. The second kappa shape index (κ2) is 5.10. The summed E-state index contributed by atoms with van der Waals surface area (Å²) >= 11 is 0. The first-order valence-corrected chi connectivity index (χ1v) is 6.36. The van der Waals surface area contributed by atoms with E-state index < -0.39 is 0 Å². The Bertz CT molecular complexity index is 394. The molecule has 1 aromatic rings. The van der Waals surface area contributed by atoms with Crippen LogP contribution in [-0.2, 0) is 0 Å². The topological polar surface area (TPSA) is 41.5 Å². The molecule has 1 aliphatic heterocycles. The van der Waals surface area contributed by atoms with E-state index >= 15 is 0 Å². The largest absolute Gasteiger partial charge is 0.491 e. The molecule has 0 bridgehead atoms. The fourth-order valence-electron chi connectivity index (χ4n) is 2.28. The summed E-state index contributed by atoms with van der Waals surface area (Å²) in [4.78, 5) is 13.1. The van der Waals surface area contributed by atoms with E-state index in [9.17, 15) is 0 Å². The van der Waals surface area contributed by atoms with E-state index in [0.717, 1.165) is 37.7 Å². The van der Waals surface area contributed by atoms with Crippen molar-refractivity contribution in [3.63, 3.8) is 0 Å². The maximum Gasteiger partial charge on any atom is 0.179 e. The number of aromatic nitrogens is 2. The highest BCUT2D eigenvalue weighted by atomic mass is 16.5. The predicted molar refractivity (Wildman–Crippen MR) is 72.1 cm³/mol. The van der Waals surface area contributed by atoms with Gasteiger partial charge in [-0.25, -0.2) is 9.97 Å². The van der Waals surface area contributed by atoms with Crippen LogP contribution in [-0.4, -0.2) is 53.7 Å². The van der Waals surface area contributed by atoms with Gasteiger partial charge < -0.3 is 9.64 Å². The van der Waals surface area contributed by atoms with Crippen LogP contribution in [0.4, 0.5) is 5.82 Å². The van der Waals surface area contributed by atoms with Gasteiger partial charge in [-0.2, -0.15) is 0 Å². The Balaban J connectivity index is 2.06. The van der Waals surface area contributed by atoms with Crippen molar-refractivity contribution >= 4 is 5.82 Å². The predicted octanol–water partition coefficient (Wildman–Crippen LogP) is 1.41. The van der Waals surface area contributed by atoms with Crippen LogP contribution in [0.1, 0.15) is 20.8 Å². The van der Waals surface area contributed by atoms with Crippen LogP contribution in [0.15, 0.2) is 12.5 Å². The van der Waals surface area contributed by atoms with E-state index in [1.165, 1.54) is 0 Å². The molecule has 0 unspecified atom stereocenters. The number of hydrogen-bond acceptors (Lipinski definition) is 5. The SMILES string of the molecule is COc1cncnc1N1CCN(C(C)(C)C)CC1. The van der Waals surface area contributed by atoms with E-state index in [1.807, 2.05) is 0 Å². The molecule has 2 rings (SSSR count). The minimum atomic E-state index is 0.238. The number of hydrogen-bond donors (Lipinski definition) is 0. The molecule has 0 radical (unpaired) electrons. The lowest BCUT2D eigenvalue weighted by atomic mass is 10.1. The van der Waals surface area contributed by atoms with Crippen LogP contribution in [0.5, 0.6) is 5.75 Å². The van der Waals surface area contributed by atoms with Crippen molar-refractivity contribution in [1.82, 2.24) is 14.9 Å². The zero-order chi connectivity index (χ0) is 13.2. The first-order valence-electron chi connectivity index (χ1n) is 6.36. The molecule has 0 aromatic carbocycles. The quantitative estimate of drug-likeness (QED) is 0.793. The highest BCUT2D eigenvalue weighted by Crippen LogP contribution is 2.26. The van der Waals surface area contributed by atoms with Gasteiger partial charge in [0.2, 0.25) is 0 Å².